The number of carbonyl (C=O) groups excluding carboxylic acids is 1. The van der Waals surface area contributed by atoms with Gasteiger partial charge in [-0.25, -0.2) is 19.6 Å². The summed E-state index contributed by atoms with van der Waals surface area (Å²) >= 11 is 4.85. The highest BCUT2D eigenvalue weighted by molar-refractivity contribution is 7.80. The van der Waals surface area contributed by atoms with Crippen molar-refractivity contribution in [3.8, 4) is 0 Å². The molecule has 0 aromatic carbocycles. The van der Waals surface area contributed by atoms with E-state index in [1.807, 2.05) is 0 Å². The van der Waals surface area contributed by atoms with E-state index in [4.69, 9.17) is 22.4 Å². The normalized spacial score (nSPS) is 9.42. The van der Waals surface area contributed by atoms with Crippen molar-refractivity contribution in [1.29, 1.82) is 0 Å². The van der Waals surface area contributed by atoms with Gasteiger partial charge in [-0.1, -0.05) is 24.4 Å². The zero-order valence-corrected chi connectivity index (χ0v) is 13.7. The maximum atomic E-state index is 10.8. The lowest BCUT2D eigenvalue weighted by Gasteiger charge is -1.97. The number of carboxylic acids is 2. The van der Waals surface area contributed by atoms with E-state index in [0.717, 1.165) is 0 Å². The van der Waals surface area contributed by atoms with Crippen LogP contribution in [0.3, 0.4) is 0 Å². The van der Waals surface area contributed by atoms with Gasteiger partial charge in [0.05, 0.1) is 5.69 Å². The molecule has 2 heterocycles. The molecule has 2 aromatic rings. The van der Waals surface area contributed by atoms with Crippen LogP contribution in [0.1, 0.15) is 51.0 Å². The second-order valence-corrected chi connectivity index (χ2v) is 5.15. The third kappa shape index (κ3) is 5.65. The molecule has 0 saturated heterocycles. The Morgan fingerprint density at radius 1 is 0.792 bits per heavy atom. The summed E-state index contributed by atoms with van der Waals surface area (Å²) in [5.41, 5.74) is 0.638. The molecule has 24 heavy (non-hydrogen) atoms. The van der Waals surface area contributed by atoms with Crippen molar-refractivity contribution < 1.29 is 24.6 Å². The number of nitrogens with zero attached hydrogens (tertiary/aromatic N) is 2. The second-order valence-electron chi connectivity index (χ2n) is 4.54. The number of hydrogen-bond acceptors (Lipinski definition) is 6. The van der Waals surface area contributed by atoms with Gasteiger partial charge in [-0.2, -0.15) is 0 Å². The van der Waals surface area contributed by atoms with Crippen molar-refractivity contribution in [2.75, 3.05) is 0 Å². The van der Waals surface area contributed by atoms with Crippen LogP contribution in [0.2, 0.25) is 0 Å². The Kier molecular flexibility index (Phi) is 6.81. The molecule has 0 saturated carbocycles. The molecule has 2 aromatic heterocycles. The molecule has 8 heteroatoms. The summed E-state index contributed by atoms with van der Waals surface area (Å²) in [4.78, 5) is 39.7. The van der Waals surface area contributed by atoms with E-state index in [1.165, 1.54) is 31.2 Å². The predicted molar refractivity (Wildman–Crippen MR) is 89.8 cm³/mol. The molecule has 124 valence electrons. The first kappa shape index (κ1) is 19.0. The van der Waals surface area contributed by atoms with Crippen molar-refractivity contribution in [3.05, 3.63) is 59.2 Å². The van der Waals surface area contributed by atoms with Crippen LogP contribution in [-0.4, -0.2) is 42.8 Å². The van der Waals surface area contributed by atoms with Crippen LogP contribution in [0.15, 0.2) is 36.4 Å². The summed E-state index contributed by atoms with van der Waals surface area (Å²) in [7, 11) is 0. The number of aromatic carboxylic acids is 2. The van der Waals surface area contributed by atoms with Crippen LogP contribution < -0.4 is 0 Å². The number of thiocarbonyl (C=S) groups is 1. The molecule has 0 atom stereocenters. The number of pyridine rings is 2. The van der Waals surface area contributed by atoms with Crippen molar-refractivity contribution in [2.24, 2.45) is 0 Å². The fraction of sp³-hybridized carbons (Fsp3) is 0.125. The predicted octanol–water partition coefficient (Wildman–Crippen LogP) is 2.50. The molecule has 2 N–H and O–H groups in total. The van der Waals surface area contributed by atoms with Crippen LogP contribution in [0.5, 0.6) is 0 Å². The van der Waals surface area contributed by atoms with Gasteiger partial charge in [-0.05, 0) is 31.2 Å². The van der Waals surface area contributed by atoms with Gasteiger partial charge < -0.3 is 10.2 Å². The molecule has 0 aliphatic carbocycles. The number of hydrogen-bond donors (Lipinski definition) is 2. The molecule has 7 nitrogen and oxygen atoms in total. The fourth-order valence-electron chi connectivity index (χ4n) is 1.50. The van der Waals surface area contributed by atoms with Gasteiger partial charge in [0.15, 0.2) is 5.78 Å². The summed E-state index contributed by atoms with van der Waals surface area (Å²) in [6, 6.07) is 9.07. The minimum atomic E-state index is -1.13. The maximum absolute atomic E-state index is 10.8. The second kappa shape index (κ2) is 8.59. The van der Waals surface area contributed by atoms with Gasteiger partial charge in [-0.3, -0.25) is 4.79 Å². The SMILES string of the molecule is CC(=O)c1cccc(C(=O)O)n1.CC(=S)c1cccc(C(=O)O)n1. The minimum Gasteiger partial charge on any atom is -0.477 e. The number of Topliss-reactive ketones (excluding diaryl/α,β-unsaturated/α-hetero) is 1. The van der Waals surface area contributed by atoms with E-state index in [0.29, 0.717) is 10.6 Å². The first-order valence-electron chi connectivity index (χ1n) is 6.65. The van der Waals surface area contributed by atoms with Crippen LogP contribution >= 0.6 is 12.2 Å². The topological polar surface area (TPSA) is 117 Å². The first-order chi connectivity index (χ1) is 11.2. The average molecular weight is 346 g/mol. The Labute approximate surface area is 143 Å². The molecule has 0 radical (unpaired) electrons. The molecular weight excluding hydrogens is 332 g/mol. The molecule has 0 spiro atoms. The van der Waals surface area contributed by atoms with E-state index >= 15 is 0 Å². The van der Waals surface area contributed by atoms with E-state index in [1.54, 1.807) is 19.1 Å². The Morgan fingerprint density at radius 2 is 1.17 bits per heavy atom. The molecule has 0 aliphatic heterocycles. The van der Waals surface area contributed by atoms with E-state index in [9.17, 15) is 14.4 Å². The number of carbonyl (C=O) groups is 3. The Hall–Kier alpha value is -3.00. The standard InChI is InChI=1S/C8H7NO3.C8H7NO2S/c1-5(10)6-3-2-4-7(9-6)8(11)12;1-5(12)6-3-2-4-7(9-6)8(10)11/h2-4H,1H3,(H,11,12);2-4H,1H3,(H,10,11). The van der Waals surface area contributed by atoms with Gasteiger partial charge in [-0.15, -0.1) is 0 Å². The van der Waals surface area contributed by atoms with Crippen molar-refractivity contribution in [3.63, 3.8) is 0 Å². The number of aromatic nitrogens is 2. The van der Waals surface area contributed by atoms with Gasteiger partial charge >= 0.3 is 11.9 Å². The average Bonchev–Trinajstić information content (AvgIpc) is 2.55. The largest absolute Gasteiger partial charge is 0.477 e. The van der Waals surface area contributed by atoms with Crippen LogP contribution in [0, 0.1) is 0 Å². The van der Waals surface area contributed by atoms with Gasteiger partial charge in [0.25, 0.3) is 0 Å². The fourth-order valence-corrected chi connectivity index (χ4v) is 1.61. The highest BCUT2D eigenvalue weighted by atomic mass is 32.1. The zero-order valence-electron chi connectivity index (χ0n) is 12.9. The third-order valence-electron chi connectivity index (χ3n) is 2.66. The number of ketones is 1. The molecule has 0 unspecified atom stereocenters. The molecule has 0 bridgehead atoms. The van der Waals surface area contributed by atoms with Crippen LogP contribution in [0.25, 0.3) is 0 Å². The Balaban J connectivity index is 0.000000240. The van der Waals surface area contributed by atoms with Crippen molar-refractivity contribution in [2.45, 2.75) is 13.8 Å². The van der Waals surface area contributed by atoms with E-state index in [2.05, 4.69) is 9.97 Å². The smallest absolute Gasteiger partial charge is 0.354 e. The van der Waals surface area contributed by atoms with Gasteiger partial charge in [0.2, 0.25) is 0 Å². The molecule has 0 amide bonds. The molecular formula is C16H14N2O5S. The summed E-state index contributed by atoms with van der Waals surface area (Å²) in [6.07, 6.45) is 0. The highest BCUT2D eigenvalue weighted by Gasteiger charge is 2.07. The van der Waals surface area contributed by atoms with Gasteiger partial charge in [0.1, 0.15) is 17.1 Å². The lowest BCUT2D eigenvalue weighted by Crippen LogP contribution is -2.04. The van der Waals surface area contributed by atoms with Crippen LogP contribution in [0.4, 0.5) is 0 Å². The molecule has 0 aliphatic rings. The third-order valence-corrected chi connectivity index (χ3v) is 2.87. The Morgan fingerprint density at radius 3 is 1.54 bits per heavy atom. The van der Waals surface area contributed by atoms with Crippen molar-refractivity contribution in [1.82, 2.24) is 9.97 Å². The Bertz CT molecular complexity index is 679. The monoisotopic (exact) mass is 346 g/mol. The quantitative estimate of drug-likeness (QED) is 0.640. The summed E-state index contributed by atoms with van der Waals surface area (Å²) in [5, 5.41) is 17.1. The van der Waals surface area contributed by atoms with Crippen LogP contribution in [-0.2, 0) is 0 Å². The molecule has 2 rings (SSSR count). The highest BCUT2D eigenvalue weighted by Crippen LogP contribution is 2.01. The van der Waals surface area contributed by atoms with Crippen molar-refractivity contribution >= 4 is 34.8 Å². The minimum absolute atomic E-state index is 0.0247. The summed E-state index contributed by atoms with van der Waals surface area (Å²) in [5.74, 6) is -2.40. The van der Waals surface area contributed by atoms with E-state index in [-0.39, 0.29) is 22.9 Å². The number of rotatable bonds is 4. The summed E-state index contributed by atoms with van der Waals surface area (Å²) < 4.78 is 0. The lowest BCUT2D eigenvalue weighted by atomic mass is 10.2. The van der Waals surface area contributed by atoms with E-state index < -0.39 is 11.9 Å². The van der Waals surface area contributed by atoms with Gasteiger partial charge in [0, 0.05) is 11.8 Å². The number of carboxylic acid groups (broad SMARTS) is 2. The zero-order chi connectivity index (χ0) is 18.3. The summed E-state index contributed by atoms with van der Waals surface area (Å²) in [6.45, 7) is 3.05. The molecule has 0 fully saturated rings. The first-order valence-corrected chi connectivity index (χ1v) is 7.05. The maximum Gasteiger partial charge on any atom is 0.354 e. The lowest BCUT2D eigenvalue weighted by molar-refractivity contribution is 0.0679.